The number of alkyl halides is 17. The number of halogens is 17. The van der Waals surface area contributed by atoms with Gasteiger partial charge in [0, 0.05) is 0 Å². The molecule has 174 valence electrons. The number of aliphatic hydroxyl groups is 1. The van der Waals surface area contributed by atoms with Crippen LogP contribution in [-0.2, 0) is 0 Å². The van der Waals surface area contributed by atoms with E-state index in [1.165, 1.54) is 0 Å². The molecule has 0 unspecified atom stereocenters. The third-order valence-corrected chi connectivity index (χ3v) is 3.14. The maximum Gasteiger partial charge on any atom is 0.460 e. The highest BCUT2D eigenvalue weighted by Crippen LogP contribution is 2.55. The Morgan fingerprint density at radius 3 is 0.966 bits per heavy atom. The predicted octanol–water partition coefficient (Wildman–Crippen LogP) is 5.54. The van der Waals surface area contributed by atoms with Crippen molar-refractivity contribution in [2.24, 2.45) is 0 Å². The first-order valence-electron chi connectivity index (χ1n) is 6.29. The van der Waals surface area contributed by atoms with Crippen LogP contribution in [0.1, 0.15) is 0 Å². The van der Waals surface area contributed by atoms with Gasteiger partial charge in [-0.05, 0) is 12.2 Å². The molecule has 0 fully saturated rings. The molecule has 0 spiro atoms. The van der Waals surface area contributed by atoms with E-state index >= 15 is 0 Å². The van der Waals surface area contributed by atoms with E-state index in [0.717, 1.165) is 0 Å². The fourth-order valence-electron chi connectivity index (χ4n) is 1.34. The van der Waals surface area contributed by atoms with Crippen molar-refractivity contribution in [2.45, 2.75) is 47.6 Å². The third-order valence-electron chi connectivity index (χ3n) is 3.14. The summed E-state index contributed by atoms with van der Waals surface area (Å²) in [6, 6.07) is 0. The van der Waals surface area contributed by atoms with Crippen molar-refractivity contribution in [2.75, 3.05) is 6.61 Å². The minimum absolute atomic E-state index is 2.37. The van der Waals surface area contributed by atoms with Crippen LogP contribution in [0.2, 0.25) is 0 Å². The smallest absolute Gasteiger partial charge is 0.390 e. The van der Waals surface area contributed by atoms with E-state index in [4.69, 9.17) is 5.11 Å². The highest BCUT2D eigenvalue weighted by molar-refractivity contribution is 5.17. The normalized spacial score (nSPS) is 16.6. The SMILES string of the molecule is OCC(F)(F)C(F)(F)C(F)(F)C(F)(F)/C=C/C(F)(F)C(F)(F)C(F)(F)C(F)(F)F. The molecule has 0 rings (SSSR count). The maximum absolute atomic E-state index is 13.1. The summed E-state index contributed by atoms with van der Waals surface area (Å²) in [5.74, 6) is -50.1. The number of allylic oxidation sites excluding steroid dienone is 2. The quantitative estimate of drug-likeness (QED) is 0.360. The van der Waals surface area contributed by atoms with Crippen molar-refractivity contribution in [3.8, 4) is 0 Å². The molecule has 0 aromatic carbocycles. The van der Waals surface area contributed by atoms with E-state index in [1.54, 1.807) is 0 Å². The van der Waals surface area contributed by atoms with Gasteiger partial charge in [0.15, 0.2) is 0 Å². The first-order chi connectivity index (χ1) is 12.3. The minimum atomic E-state index is -7.63. The van der Waals surface area contributed by atoms with Crippen molar-refractivity contribution >= 4 is 0 Å². The van der Waals surface area contributed by atoms with Crippen LogP contribution in [-0.4, -0.2) is 59.3 Å². The van der Waals surface area contributed by atoms with Crippen LogP contribution >= 0.6 is 0 Å². The summed E-state index contributed by atoms with van der Waals surface area (Å²) in [5.41, 5.74) is 0. The Balaban J connectivity index is 6.24. The molecule has 0 radical (unpaired) electrons. The Kier molecular flexibility index (Phi) is 6.68. The predicted molar refractivity (Wildman–Crippen MR) is 56.9 cm³/mol. The summed E-state index contributed by atoms with van der Waals surface area (Å²) in [6.07, 6.45) is -12.2. The second-order valence-electron chi connectivity index (χ2n) is 5.24. The van der Waals surface area contributed by atoms with Crippen LogP contribution < -0.4 is 0 Å². The summed E-state index contributed by atoms with van der Waals surface area (Å²) in [5, 5.41) is 7.86. The lowest BCUT2D eigenvalue weighted by Crippen LogP contribution is -2.63. The van der Waals surface area contributed by atoms with Crippen molar-refractivity contribution in [3.63, 3.8) is 0 Å². The van der Waals surface area contributed by atoms with Gasteiger partial charge in [0.25, 0.3) is 0 Å². The lowest BCUT2D eigenvalue weighted by molar-refractivity contribution is -0.388. The zero-order valence-electron chi connectivity index (χ0n) is 12.7. The molecule has 0 heterocycles. The van der Waals surface area contributed by atoms with E-state index in [9.17, 15) is 74.6 Å². The first kappa shape index (κ1) is 27.5. The van der Waals surface area contributed by atoms with Crippen molar-refractivity contribution < 1.29 is 79.7 Å². The summed E-state index contributed by atoms with van der Waals surface area (Å²) < 4.78 is 215. The van der Waals surface area contributed by atoms with E-state index in [2.05, 4.69) is 0 Å². The molecule has 0 aromatic rings. The molecular weight excluding hydrogens is 471 g/mol. The molecule has 0 aliphatic rings. The Hall–Kier alpha value is -1.49. The van der Waals surface area contributed by atoms with E-state index < -0.39 is 66.4 Å². The Labute approximate surface area is 147 Å². The van der Waals surface area contributed by atoms with Gasteiger partial charge >= 0.3 is 47.6 Å². The van der Waals surface area contributed by atoms with Gasteiger partial charge in [0.2, 0.25) is 0 Å². The van der Waals surface area contributed by atoms with Crippen LogP contribution in [0.4, 0.5) is 74.6 Å². The number of hydrogen-bond donors (Lipinski definition) is 1. The summed E-state index contributed by atoms with van der Waals surface area (Å²) in [6.45, 7) is -3.19. The monoisotopic (exact) mass is 476 g/mol. The largest absolute Gasteiger partial charge is 0.460 e. The maximum atomic E-state index is 13.1. The zero-order valence-corrected chi connectivity index (χ0v) is 12.7. The lowest BCUT2D eigenvalue weighted by Gasteiger charge is -2.35. The molecule has 0 aliphatic heterocycles. The van der Waals surface area contributed by atoms with Gasteiger partial charge in [-0.2, -0.15) is 74.6 Å². The minimum Gasteiger partial charge on any atom is -0.390 e. The molecule has 0 saturated heterocycles. The fraction of sp³-hybridized carbons (Fsp3) is 0.818. The highest BCUT2D eigenvalue weighted by Gasteiger charge is 2.82. The summed E-state index contributed by atoms with van der Waals surface area (Å²) >= 11 is 0. The molecule has 0 saturated carbocycles. The summed E-state index contributed by atoms with van der Waals surface area (Å²) in [7, 11) is 0. The van der Waals surface area contributed by atoms with E-state index in [1.807, 2.05) is 0 Å². The number of hydrogen-bond acceptors (Lipinski definition) is 1. The second kappa shape index (κ2) is 7.04. The van der Waals surface area contributed by atoms with Crippen molar-refractivity contribution in [1.29, 1.82) is 0 Å². The van der Waals surface area contributed by atoms with E-state index in [-0.39, 0.29) is 0 Å². The second-order valence-corrected chi connectivity index (χ2v) is 5.24. The van der Waals surface area contributed by atoms with Gasteiger partial charge in [0.1, 0.15) is 6.61 Å². The first-order valence-corrected chi connectivity index (χ1v) is 6.29. The van der Waals surface area contributed by atoms with Gasteiger partial charge in [-0.1, -0.05) is 0 Å². The molecule has 18 heteroatoms. The number of aliphatic hydroxyl groups excluding tert-OH is 1. The van der Waals surface area contributed by atoms with Crippen LogP contribution in [0.3, 0.4) is 0 Å². The van der Waals surface area contributed by atoms with E-state index in [0.29, 0.717) is 0 Å². The molecule has 1 N–H and O–H groups in total. The van der Waals surface area contributed by atoms with Gasteiger partial charge in [0.05, 0.1) is 0 Å². The molecule has 29 heavy (non-hydrogen) atoms. The average Bonchev–Trinajstić information content (AvgIpc) is 2.51. The van der Waals surface area contributed by atoms with Gasteiger partial charge < -0.3 is 5.11 Å². The lowest BCUT2D eigenvalue weighted by atomic mass is 9.97. The van der Waals surface area contributed by atoms with Crippen molar-refractivity contribution in [1.82, 2.24) is 0 Å². The average molecular weight is 476 g/mol. The van der Waals surface area contributed by atoms with Crippen LogP contribution in [0.25, 0.3) is 0 Å². The molecular formula is C11H5F17O. The molecule has 1 nitrogen and oxygen atoms in total. The van der Waals surface area contributed by atoms with Gasteiger partial charge in [-0.3, -0.25) is 0 Å². The Morgan fingerprint density at radius 2 is 0.724 bits per heavy atom. The molecule has 0 bridgehead atoms. The van der Waals surface area contributed by atoms with Crippen LogP contribution in [0.15, 0.2) is 12.2 Å². The van der Waals surface area contributed by atoms with Crippen LogP contribution in [0, 0.1) is 0 Å². The summed E-state index contributed by atoms with van der Waals surface area (Å²) in [4.78, 5) is 0. The standard InChI is InChI=1S/C11H5F17O/c12-4(13,7(18,19)9(22,23)6(16,17)3-29)1-2-5(14,15)8(20,21)10(24,25)11(26,27)28/h1-2,29H,3H2/b2-1+. The molecule has 0 aromatic heterocycles. The number of rotatable bonds is 8. The van der Waals surface area contributed by atoms with Gasteiger partial charge in [-0.15, -0.1) is 0 Å². The molecule has 0 atom stereocenters. The van der Waals surface area contributed by atoms with Crippen molar-refractivity contribution in [3.05, 3.63) is 12.2 Å². The Morgan fingerprint density at radius 1 is 0.448 bits per heavy atom. The third kappa shape index (κ3) is 4.08. The molecule has 0 aliphatic carbocycles. The highest BCUT2D eigenvalue weighted by atomic mass is 19.4. The fourth-order valence-corrected chi connectivity index (χ4v) is 1.34. The zero-order chi connectivity index (χ0) is 24.1. The van der Waals surface area contributed by atoms with Crippen LogP contribution in [0.5, 0.6) is 0 Å². The van der Waals surface area contributed by atoms with Gasteiger partial charge in [-0.25, -0.2) is 0 Å². The topological polar surface area (TPSA) is 20.2 Å². The Bertz CT molecular complexity index is 613. The molecule has 0 amide bonds.